The Hall–Kier alpha value is -1.69. The highest BCUT2D eigenvalue weighted by Gasteiger charge is 2.26. The number of carbonyl (C=O) groups excluding carboxylic acids is 1. The Morgan fingerprint density at radius 1 is 1.24 bits per heavy atom. The number of nitrogens with zero attached hydrogens (tertiary/aromatic N) is 1. The van der Waals surface area contributed by atoms with Crippen molar-refractivity contribution in [2.75, 3.05) is 18.9 Å². The number of carbonyl (C=O) groups is 1. The van der Waals surface area contributed by atoms with Gasteiger partial charge in [-0.15, -0.1) is 0 Å². The Balaban J connectivity index is 2.25. The minimum absolute atomic E-state index is 0.0158. The highest BCUT2D eigenvalue weighted by atomic mass is 19.1. The molecule has 0 unspecified atom stereocenters. The molecule has 0 aliphatic heterocycles. The summed E-state index contributed by atoms with van der Waals surface area (Å²) in [7, 11) is 0. The monoisotopic (exact) mass is 298 g/mol. The van der Waals surface area contributed by atoms with E-state index in [1.54, 1.807) is 0 Å². The van der Waals surface area contributed by atoms with Gasteiger partial charge in [0.1, 0.15) is 17.3 Å². The molecule has 0 aromatic heterocycles. The second-order valence-corrected chi connectivity index (χ2v) is 5.37. The van der Waals surface area contributed by atoms with Crippen molar-refractivity contribution in [1.29, 1.82) is 0 Å². The Morgan fingerprint density at radius 3 is 2.33 bits per heavy atom. The zero-order valence-corrected chi connectivity index (χ0v) is 11.8. The zero-order valence-electron chi connectivity index (χ0n) is 11.8. The van der Waals surface area contributed by atoms with E-state index in [2.05, 4.69) is 0 Å². The van der Waals surface area contributed by atoms with Gasteiger partial charge in [0.15, 0.2) is 0 Å². The van der Waals surface area contributed by atoms with Crippen molar-refractivity contribution in [3.05, 3.63) is 29.3 Å². The Morgan fingerprint density at radius 2 is 1.81 bits per heavy atom. The number of nitrogens with two attached hydrogens (primary N) is 1. The van der Waals surface area contributed by atoms with Crippen molar-refractivity contribution < 1.29 is 18.7 Å². The third-order valence-electron chi connectivity index (χ3n) is 3.94. The Bertz CT molecular complexity index is 493. The molecule has 0 bridgehead atoms. The lowest BCUT2D eigenvalue weighted by molar-refractivity contribution is 0.0584. The number of nitrogen functional groups attached to an aromatic ring is 1. The first-order chi connectivity index (χ1) is 10.0. The van der Waals surface area contributed by atoms with Gasteiger partial charge in [0, 0.05) is 18.2 Å². The van der Waals surface area contributed by atoms with Crippen molar-refractivity contribution in [3.63, 3.8) is 0 Å². The molecular formula is C15H20F2N2O2. The van der Waals surface area contributed by atoms with Crippen LogP contribution in [0, 0.1) is 11.6 Å². The predicted octanol–water partition coefficient (Wildman–Crippen LogP) is 2.31. The third kappa shape index (κ3) is 3.50. The fraction of sp³-hybridized carbons (Fsp3) is 0.533. The Kier molecular flexibility index (Phi) is 5.12. The van der Waals surface area contributed by atoms with E-state index in [4.69, 9.17) is 10.8 Å². The van der Waals surface area contributed by atoms with Gasteiger partial charge in [-0.05, 0) is 25.0 Å². The second kappa shape index (κ2) is 6.85. The molecule has 1 amide bonds. The molecule has 1 aliphatic carbocycles. The highest BCUT2D eigenvalue weighted by molar-refractivity contribution is 5.94. The summed E-state index contributed by atoms with van der Waals surface area (Å²) in [6.45, 7) is -0.0146. The number of anilines is 1. The summed E-state index contributed by atoms with van der Waals surface area (Å²) < 4.78 is 27.0. The van der Waals surface area contributed by atoms with Gasteiger partial charge < -0.3 is 15.7 Å². The molecule has 0 radical (unpaired) electrons. The summed E-state index contributed by atoms with van der Waals surface area (Å²) in [4.78, 5) is 14.0. The van der Waals surface area contributed by atoms with Crippen LogP contribution < -0.4 is 5.73 Å². The second-order valence-electron chi connectivity index (χ2n) is 5.37. The molecule has 1 aromatic rings. The molecule has 0 spiro atoms. The normalized spacial score (nSPS) is 16.0. The van der Waals surface area contributed by atoms with Crippen LogP contribution in [0.5, 0.6) is 0 Å². The first kappa shape index (κ1) is 15.7. The average molecular weight is 298 g/mol. The van der Waals surface area contributed by atoms with Gasteiger partial charge in [-0.25, -0.2) is 8.78 Å². The van der Waals surface area contributed by atoms with Crippen molar-refractivity contribution in [2.24, 2.45) is 0 Å². The minimum Gasteiger partial charge on any atom is -0.395 e. The fourth-order valence-corrected chi connectivity index (χ4v) is 2.82. The number of rotatable bonds is 4. The number of aliphatic hydroxyl groups excluding tert-OH is 1. The summed E-state index contributed by atoms with van der Waals surface area (Å²) in [5, 5.41) is 9.15. The van der Waals surface area contributed by atoms with E-state index in [-0.39, 0.29) is 24.8 Å². The van der Waals surface area contributed by atoms with Gasteiger partial charge >= 0.3 is 0 Å². The van der Waals surface area contributed by atoms with Gasteiger partial charge in [-0.2, -0.15) is 0 Å². The standard InChI is InChI=1S/C15H20F2N2O2/c16-12-8-10(9-13(17)14(12)18)15(21)19(6-7-20)11-4-2-1-3-5-11/h8-9,11,20H,1-7,18H2. The van der Waals surface area contributed by atoms with Crippen molar-refractivity contribution in [2.45, 2.75) is 38.1 Å². The van der Waals surface area contributed by atoms with Crippen LogP contribution >= 0.6 is 0 Å². The summed E-state index contributed by atoms with van der Waals surface area (Å²) >= 11 is 0. The molecule has 1 saturated carbocycles. The lowest BCUT2D eigenvalue weighted by Crippen LogP contribution is -2.43. The minimum atomic E-state index is -0.939. The number of halogens is 2. The van der Waals surface area contributed by atoms with E-state index in [1.165, 1.54) is 4.90 Å². The predicted molar refractivity (Wildman–Crippen MR) is 75.8 cm³/mol. The van der Waals surface area contributed by atoms with Crippen LogP contribution in [0.4, 0.5) is 14.5 Å². The number of aliphatic hydroxyl groups is 1. The van der Waals surface area contributed by atoms with Crippen LogP contribution in [-0.4, -0.2) is 35.1 Å². The smallest absolute Gasteiger partial charge is 0.254 e. The maximum absolute atomic E-state index is 13.5. The lowest BCUT2D eigenvalue weighted by Gasteiger charge is -2.34. The van der Waals surface area contributed by atoms with Crippen molar-refractivity contribution >= 4 is 11.6 Å². The van der Waals surface area contributed by atoms with E-state index in [0.717, 1.165) is 44.2 Å². The van der Waals surface area contributed by atoms with Crippen LogP contribution in [-0.2, 0) is 0 Å². The molecule has 0 heterocycles. The molecule has 4 nitrogen and oxygen atoms in total. The first-order valence-corrected chi connectivity index (χ1v) is 7.21. The largest absolute Gasteiger partial charge is 0.395 e. The molecule has 3 N–H and O–H groups in total. The van der Waals surface area contributed by atoms with E-state index in [0.29, 0.717) is 0 Å². The number of hydrogen-bond acceptors (Lipinski definition) is 3. The molecule has 1 fully saturated rings. The Labute approximate surface area is 122 Å². The van der Waals surface area contributed by atoms with Crippen molar-refractivity contribution in [1.82, 2.24) is 4.90 Å². The third-order valence-corrected chi connectivity index (χ3v) is 3.94. The summed E-state index contributed by atoms with van der Waals surface area (Å²) in [6.07, 6.45) is 4.87. The van der Waals surface area contributed by atoms with Gasteiger partial charge in [0.05, 0.1) is 6.61 Å². The molecule has 6 heteroatoms. The van der Waals surface area contributed by atoms with Gasteiger partial charge in [0.2, 0.25) is 0 Å². The summed E-state index contributed by atoms with van der Waals surface area (Å²) in [5.41, 5.74) is 4.56. The van der Waals surface area contributed by atoms with Crippen LogP contribution in [0.1, 0.15) is 42.5 Å². The number of hydrogen-bond donors (Lipinski definition) is 2. The average Bonchev–Trinajstić information content (AvgIpc) is 2.50. The maximum Gasteiger partial charge on any atom is 0.254 e. The van der Waals surface area contributed by atoms with E-state index in [1.807, 2.05) is 0 Å². The molecule has 116 valence electrons. The highest BCUT2D eigenvalue weighted by Crippen LogP contribution is 2.25. The topological polar surface area (TPSA) is 66.6 Å². The molecule has 21 heavy (non-hydrogen) atoms. The molecule has 0 atom stereocenters. The molecule has 1 aromatic carbocycles. The first-order valence-electron chi connectivity index (χ1n) is 7.21. The molecular weight excluding hydrogens is 278 g/mol. The van der Waals surface area contributed by atoms with Crippen LogP contribution in [0.25, 0.3) is 0 Å². The molecule has 2 rings (SSSR count). The lowest BCUT2D eigenvalue weighted by atomic mass is 9.93. The van der Waals surface area contributed by atoms with E-state index >= 15 is 0 Å². The van der Waals surface area contributed by atoms with E-state index < -0.39 is 23.2 Å². The molecule has 1 aliphatic rings. The molecule has 0 saturated heterocycles. The summed E-state index contributed by atoms with van der Waals surface area (Å²) in [6, 6.07) is 1.92. The quantitative estimate of drug-likeness (QED) is 0.838. The number of amides is 1. The number of benzene rings is 1. The van der Waals surface area contributed by atoms with Gasteiger partial charge in [0.25, 0.3) is 5.91 Å². The SMILES string of the molecule is Nc1c(F)cc(C(=O)N(CCO)C2CCCCC2)cc1F. The van der Waals surface area contributed by atoms with Crippen LogP contribution in [0.15, 0.2) is 12.1 Å². The van der Waals surface area contributed by atoms with E-state index in [9.17, 15) is 13.6 Å². The zero-order chi connectivity index (χ0) is 15.4. The van der Waals surface area contributed by atoms with Crippen LogP contribution in [0.3, 0.4) is 0 Å². The van der Waals surface area contributed by atoms with Gasteiger partial charge in [-0.1, -0.05) is 19.3 Å². The maximum atomic E-state index is 13.5. The summed E-state index contributed by atoms with van der Waals surface area (Å²) in [5.74, 6) is -2.34. The van der Waals surface area contributed by atoms with Gasteiger partial charge in [-0.3, -0.25) is 4.79 Å². The van der Waals surface area contributed by atoms with Crippen molar-refractivity contribution in [3.8, 4) is 0 Å². The fourth-order valence-electron chi connectivity index (χ4n) is 2.82. The van der Waals surface area contributed by atoms with Crippen LogP contribution in [0.2, 0.25) is 0 Å².